The predicted molar refractivity (Wildman–Crippen MR) is 118 cm³/mol. The molecule has 2 unspecified atom stereocenters. The summed E-state index contributed by atoms with van der Waals surface area (Å²) < 4.78 is 79.4. The summed E-state index contributed by atoms with van der Waals surface area (Å²) in [7, 11) is -3.23. The molecule has 0 radical (unpaired) electrons. The largest absolute Gasteiger partial charge is 0.416 e. The van der Waals surface area contributed by atoms with Gasteiger partial charge in [-0.1, -0.05) is 12.1 Å². The van der Waals surface area contributed by atoms with Crippen LogP contribution in [0.3, 0.4) is 0 Å². The standard InChI is InChI=1S/C23H26F4N4O2S/c1-34(32,33)30-9-8-22(13-30)11-17(22)10-19-20(24)21(29-14-28-19)31(18-6-7-18)12-15-2-4-16(5-3-15)23(25,26)27/h2-5,14,17-18H,6-13H2,1H3. The SMILES string of the molecule is CS(=O)(=O)N1CCC2(CC2Cc2ncnc(N(Cc3ccc(C(F)(F)F)cc3)C3CC3)c2F)C1. The van der Waals surface area contributed by atoms with Gasteiger partial charge in [-0.3, -0.25) is 0 Å². The fourth-order valence-electron chi connectivity index (χ4n) is 5.09. The number of alkyl halides is 3. The van der Waals surface area contributed by atoms with E-state index in [2.05, 4.69) is 9.97 Å². The Morgan fingerprint density at radius 2 is 1.88 bits per heavy atom. The number of aromatic nitrogens is 2. The lowest BCUT2D eigenvalue weighted by Gasteiger charge is -2.25. The first-order chi connectivity index (χ1) is 16.0. The zero-order chi connectivity index (χ0) is 24.3. The van der Waals surface area contributed by atoms with E-state index in [9.17, 15) is 21.6 Å². The summed E-state index contributed by atoms with van der Waals surface area (Å²) in [6, 6.07) is 5.00. The number of nitrogens with zero attached hydrogens (tertiary/aromatic N) is 4. The highest BCUT2D eigenvalue weighted by Crippen LogP contribution is 2.60. The quantitative estimate of drug-likeness (QED) is 0.540. The van der Waals surface area contributed by atoms with Gasteiger partial charge in [0.25, 0.3) is 0 Å². The number of hydrogen-bond acceptors (Lipinski definition) is 5. The Bertz CT molecular complexity index is 1180. The minimum absolute atomic E-state index is 0.0879. The van der Waals surface area contributed by atoms with Crippen molar-refractivity contribution in [2.24, 2.45) is 11.3 Å². The smallest absolute Gasteiger partial charge is 0.347 e. The minimum atomic E-state index is -4.40. The van der Waals surface area contributed by atoms with E-state index in [0.717, 1.165) is 37.8 Å². The van der Waals surface area contributed by atoms with Gasteiger partial charge in [-0.15, -0.1) is 0 Å². The highest BCUT2D eigenvalue weighted by molar-refractivity contribution is 7.88. The second-order valence-electron chi connectivity index (χ2n) is 9.83. The topological polar surface area (TPSA) is 66.4 Å². The van der Waals surface area contributed by atoms with Crippen LogP contribution in [0.25, 0.3) is 0 Å². The van der Waals surface area contributed by atoms with Crippen molar-refractivity contribution >= 4 is 15.8 Å². The highest BCUT2D eigenvalue weighted by Gasteiger charge is 2.58. The Morgan fingerprint density at radius 1 is 1.18 bits per heavy atom. The average Bonchev–Trinajstić information content (AvgIpc) is 3.65. The van der Waals surface area contributed by atoms with Crippen molar-refractivity contribution in [3.05, 3.63) is 53.2 Å². The van der Waals surface area contributed by atoms with Crippen molar-refractivity contribution in [1.29, 1.82) is 0 Å². The maximum Gasteiger partial charge on any atom is 0.416 e. The van der Waals surface area contributed by atoms with Gasteiger partial charge in [-0.05, 0) is 61.1 Å². The van der Waals surface area contributed by atoms with E-state index in [0.29, 0.717) is 30.8 Å². The normalized spacial score (nSPS) is 25.1. The van der Waals surface area contributed by atoms with Crippen LogP contribution in [0.2, 0.25) is 0 Å². The van der Waals surface area contributed by atoms with Crippen LogP contribution in [0.15, 0.2) is 30.6 Å². The molecule has 2 heterocycles. The molecule has 0 bridgehead atoms. The van der Waals surface area contributed by atoms with Crippen LogP contribution in [-0.4, -0.2) is 48.1 Å². The van der Waals surface area contributed by atoms with Gasteiger partial charge in [0.2, 0.25) is 10.0 Å². The summed E-state index contributed by atoms with van der Waals surface area (Å²) in [5.41, 5.74) is 0.136. The molecule has 0 N–H and O–H groups in total. The summed E-state index contributed by atoms with van der Waals surface area (Å²) in [5, 5.41) is 0. The van der Waals surface area contributed by atoms with Crippen molar-refractivity contribution < 1.29 is 26.0 Å². The van der Waals surface area contributed by atoms with Crippen molar-refractivity contribution in [1.82, 2.24) is 14.3 Å². The zero-order valence-electron chi connectivity index (χ0n) is 18.7. The Labute approximate surface area is 196 Å². The van der Waals surface area contributed by atoms with Crippen molar-refractivity contribution in [3.8, 4) is 0 Å². The predicted octanol–water partition coefficient (Wildman–Crippen LogP) is 4.02. The highest BCUT2D eigenvalue weighted by atomic mass is 32.2. The van der Waals surface area contributed by atoms with E-state index < -0.39 is 27.6 Å². The monoisotopic (exact) mass is 498 g/mol. The molecule has 2 saturated carbocycles. The number of hydrogen-bond donors (Lipinski definition) is 0. The Hall–Kier alpha value is -2.27. The van der Waals surface area contributed by atoms with Crippen LogP contribution in [-0.2, 0) is 29.2 Å². The molecule has 0 amide bonds. The molecule has 184 valence electrons. The van der Waals surface area contributed by atoms with Crippen LogP contribution in [0, 0.1) is 17.2 Å². The molecule has 6 nitrogen and oxygen atoms in total. The first-order valence-electron chi connectivity index (χ1n) is 11.3. The molecular formula is C23H26F4N4O2S. The van der Waals surface area contributed by atoms with E-state index in [1.807, 2.05) is 4.90 Å². The third-order valence-corrected chi connectivity index (χ3v) is 8.60. The molecule has 2 atom stereocenters. The van der Waals surface area contributed by atoms with Crippen LogP contribution in [0.4, 0.5) is 23.4 Å². The van der Waals surface area contributed by atoms with E-state index in [1.54, 1.807) is 0 Å². The molecule has 1 spiro atoms. The maximum atomic E-state index is 15.5. The van der Waals surface area contributed by atoms with E-state index in [-0.39, 0.29) is 29.7 Å². The Morgan fingerprint density at radius 3 is 2.47 bits per heavy atom. The molecule has 1 aliphatic heterocycles. The molecule has 2 aliphatic carbocycles. The van der Waals surface area contributed by atoms with E-state index in [1.165, 1.54) is 29.0 Å². The Kier molecular flexibility index (Phi) is 5.63. The van der Waals surface area contributed by atoms with Gasteiger partial charge in [0, 0.05) is 25.7 Å². The fourth-order valence-corrected chi connectivity index (χ4v) is 6.01. The number of rotatable bonds is 7. The second kappa shape index (κ2) is 8.15. The van der Waals surface area contributed by atoms with Crippen LogP contribution in [0.5, 0.6) is 0 Å². The molecule has 1 aromatic heterocycles. The molecule has 1 saturated heterocycles. The second-order valence-corrected chi connectivity index (χ2v) is 11.8. The molecular weight excluding hydrogens is 472 g/mol. The van der Waals surface area contributed by atoms with Crippen LogP contribution < -0.4 is 4.90 Å². The van der Waals surface area contributed by atoms with Crippen molar-refractivity contribution in [2.75, 3.05) is 24.2 Å². The van der Waals surface area contributed by atoms with Crippen molar-refractivity contribution in [2.45, 2.75) is 50.9 Å². The van der Waals surface area contributed by atoms with Crippen molar-refractivity contribution in [3.63, 3.8) is 0 Å². The van der Waals surface area contributed by atoms with Gasteiger partial charge in [-0.25, -0.2) is 27.1 Å². The van der Waals surface area contributed by atoms with E-state index in [4.69, 9.17) is 0 Å². The summed E-state index contributed by atoms with van der Waals surface area (Å²) in [6.45, 7) is 1.22. The Balaban J connectivity index is 1.31. The number of halogens is 4. The van der Waals surface area contributed by atoms with Gasteiger partial charge in [0.15, 0.2) is 11.6 Å². The lowest BCUT2D eigenvalue weighted by molar-refractivity contribution is -0.137. The summed E-state index contributed by atoms with van der Waals surface area (Å²) >= 11 is 0. The van der Waals surface area contributed by atoms with Crippen LogP contribution in [0.1, 0.15) is 42.5 Å². The van der Waals surface area contributed by atoms with Crippen LogP contribution >= 0.6 is 0 Å². The minimum Gasteiger partial charge on any atom is -0.347 e. The number of benzene rings is 1. The molecule has 34 heavy (non-hydrogen) atoms. The lowest BCUT2D eigenvalue weighted by atomic mass is 10.0. The zero-order valence-corrected chi connectivity index (χ0v) is 19.5. The lowest BCUT2D eigenvalue weighted by Crippen LogP contribution is -2.28. The van der Waals surface area contributed by atoms with Gasteiger partial charge in [0.1, 0.15) is 6.33 Å². The fraction of sp³-hybridized carbons (Fsp3) is 0.565. The third kappa shape index (κ3) is 4.64. The molecule has 1 aromatic carbocycles. The molecule has 3 aliphatic rings. The maximum absolute atomic E-state index is 15.5. The molecule has 2 aromatic rings. The third-order valence-electron chi connectivity index (χ3n) is 7.36. The number of sulfonamides is 1. The molecule has 5 rings (SSSR count). The first-order valence-corrected chi connectivity index (χ1v) is 13.2. The summed E-state index contributed by atoms with van der Waals surface area (Å²) in [4.78, 5) is 10.2. The summed E-state index contributed by atoms with van der Waals surface area (Å²) in [6.07, 6.45) is 1.91. The van der Waals surface area contributed by atoms with Gasteiger partial charge in [-0.2, -0.15) is 13.2 Å². The molecule has 11 heteroatoms. The number of anilines is 1. The average molecular weight is 499 g/mol. The van der Waals surface area contributed by atoms with Gasteiger partial charge in [0.05, 0.1) is 17.5 Å². The molecule has 3 fully saturated rings. The van der Waals surface area contributed by atoms with Gasteiger partial charge >= 0.3 is 6.18 Å². The van der Waals surface area contributed by atoms with E-state index >= 15 is 4.39 Å². The first kappa shape index (κ1) is 23.5. The summed E-state index contributed by atoms with van der Waals surface area (Å²) in [5.74, 6) is -0.159. The van der Waals surface area contributed by atoms with Gasteiger partial charge < -0.3 is 4.90 Å².